The number of likely N-dealkylation sites (N-methyl/N-ethyl adjacent to an activating group) is 1. The van der Waals surface area contributed by atoms with E-state index in [1.807, 2.05) is 0 Å². The van der Waals surface area contributed by atoms with Gasteiger partial charge in [0.25, 0.3) is 0 Å². The first-order chi connectivity index (χ1) is 7.83. The number of nitrogens with one attached hydrogen (secondary N) is 1. The highest BCUT2D eigenvalue weighted by atomic mass is 35.5. The number of rotatable bonds is 4. The molecule has 1 saturated heterocycles. The lowest BCUT2D eigenvalue weighted by molar-refractivity contribution is 0.321. The normalized spacial score (nSPS) is 20.2. The molecule has 2 rings (SSSR count). The first-order valence-electron chi connectivity index (χ1n) is 6.30. The maximum absolute atomic E-state index is 3.37. The van der Waals surface area contributed by atoms with Crippen LogP contribution in [0.2, 0.25) is 0 Å². The van der Waals surface area contributed by atoms with E-state index in [0.29, 0.717) is 6.04 Å². The van der Waals surface area contributed by atoms with Crippen LogP contribution in [0, 0.1) is 0 Å². The van der Waals surface area contributed by atoms with Gasteiger partial charge in [-0.1, -0.05) is 31.2 Å². The van der Waals surface area contributed by atoms with Gasteiger partial charge in [0.1, 0.15) is 0 Å². The Balaban J connectivity index is 0.00000144. The quantitative estimate of drug-likeness (QED) is 0.888. The molecule has 1 fully saturated rings. The molecule has 0 saturated carbocycles. The number of halogens is 1. The standard InChI is InChI=1S/C14H22N2.ClH/c1-3-12-6-4-5-7-13(12)10-16-9-8-14(11-16)15-2;/h4-7,14-15H,3,8-11H2,1-2H3;1H. The summed E-state index contributed by atoms with van der Waals surface area (Å²) >= 11 is 0. The van der Waals surface area contributed by atoms with Crippen molar-refractivity contribution >= 4 is 12.4 Å². The van der Waals surface area contributed by atoms with Crippen molar-refractivity contribution in [2.24, 2.45) is 0 Å². The van der Waals surface area contributed by atoms with Gasteiger partial charge in [-0.05, 0) is 31.0 Å². The van der Waals surface area contributed by atoms with Crippen molar-refractivity contribution in [1.29, 1.82) is 0 Å². The van der Waals surface area contributed by atoms with Gasteiger partial charge in [0.15, 0.2) is 0 Å². The largest absolute Gasteiger partial charge is 0.316 e. The summed E-state index contributed by atoms with van der Waals surface area (Å²) in [7, 11) is 2.06. The van der Waals surface area contributed by atoms with Crippen molar-refractivity contribution in [2.75, 3.05) is 20.1 Å². The van der Waals surface area contributed by atoms with Gasteiger partial charge in [-0.15, -0.1) is 12.4 Å². The molecule has 0 amide bonds. The van der Waals surface area contributed by atoms with Gasteiger partial charge in [-0.25, -0.2) is 0 Å². The van der Waals surface area contributed by atoms with E-state index in [-0.39, 0.29) is 12.4 Å². The molecule has 1 unspecified atom stereocenters. The first-order valence-corrected chi connectivity index (χ1v) is 6.30. The Morgan fingerprint density at radius 2 is 2.00 bits per heavy atom. The Hall–Kier alpha value is -0.570. The van der Waals surface area contributed by atoms with Crippen molar-refractivity contribution in [1.82, 2.24) is 10.2 Å². The summed E-state index contributed by atoms with van der Waals surface area (Å²) in [6.45, 7) is 5.76. The first kappa shape index (κ1) is 14.5. The monoisotopic (exact) mass is 254 g/mol. The van der Waals surface area contributed by atoms with Crippen LogP contribution in [0.5, 0.6) is 0 Å². The molecular formula is C14H23ClN2. The summed E-state index contributed by atoms with van der Waals surface area (Å²) in [5.74, 6) is 0. The van der Waals surface area contributed by atoms with Crippen molar-refractivity contribution in [3.8, 4) is 0 Å². The van der Waals surface area contributed by atoms with Crippen LogP contribution in [0.4, 0.5) is 0 Å². The molecule has 0 aliphatic carbocycles. The van der Waals surface area contributed by atoms with E-state index in [1.54, 1.807) is 0 Å². The minimum Gasteiger partial charge on any atom is -0.316 e. The lowest BCUT2D eigenvalue weighted by Gasteiger charge is -2.17. The third kappa shape index (κ3) is 3.70. The summed E-state index contributed by atoms with van der Waals surface area (Å²) in [6.07, 6.45) is 2.42. The third-order valence-electron chi connectivity index (χ3n) is 3.57. The van der Waals surface area contributed by atoms with Gasteiger partial charge in [-0.2, -0.15) is 0 Å². The van der Waals surface area contributed by atoms with E-state index in [1.165, 1.54) is 30.6 Å². The highest BCUT2D eigenvalue weighted by molar-refractivity contribution is 5.85. The number of nitrogens with zero attached hydrogens (tertiary/aromatic N) is 1. The average Bonchev–Trinajstić information content (AvgIpc) is 2.77. The molecule has 3 heteroatoms. The molecular weight excluding hydrogens is 232 g/mol. The Kier molecular flexibility index (Phi) is 5.96. The van der Waals surface area contributed by atoms with Crippen LogP contribution in [-0.4, -0.2) is 31.1 Å². The van der Waals surface area contributed by atoms with Gasteiger partial charge in [0.2, 0.25) is 0 Å². The fraction of sp³-hybridized carbons (Fsp3) is 0.571. The van der Waals surface area contributed by atoms with Crippen LogP contribution in [0.15, 0.2) is 24.3 Å². The number of hydrogen-bond donors (Lipinski definition) is 1. The van der Waals surface area contributed by atoms with Crippen molar-refractivity contribution in [3.63, 3.8) is 0 Å². The van der Waals surface area contributed by atoms with Crippen LogP contribution >= 0.6 is 12.4 Å². The highest BCUT2D eigenvalue weighted by Gasteiger charge is 2.20. The van der Waals surface area contributed by atoms with Crippen molar-refractivity contribution in [2.45, 2.75) is 32.4 Å². The van der Waals surface area contributed by atoms with E-state index in [2.05, 4.69) is 48.5 Å². The van der Waals surface area contributed by atoms with Crippen molar-refractivity contribution < 1.29 is 0 Å². The Morgan fingerprint density at radius 3 is 2.59 bits per heavy atom. The Bertz CT molecular complexity index is 341. The second-order valence-corrected chi connectivity index (χ2v) is 4.63. The van der Waals surface area contributed by atoms with Gasteiger partial charge in [0.05, 0.1) is 0 Å². The molecule has 1 heterocycles. The van der Waals surface area contributed by atoms with Gasteiger partial charge >= 0.3 is 0 Å². The Labute approximate surface area is 111 Å². The maximum Gasteiger partial charge on any atom is 0.0237 e. The van der Waals surface area contributed by atoms with E-state index >= 15 is 0 Å². The lowest BCUT2D eigenvalue weighted by atomic mass is 10.1. The van der Waals surface area contributed by atoms with Crippen molar-refractivity contribution in [3.05, 3.63) is 35.4 Å². The van der Waals surface area contributed by atoms with Gasteiger partial charge in [0, 0.05) is 25.7 Å². The highest BCUT2D eigenvalue weighted by Crippen LogP contribution is 2.16. The fourth-order valence-electron chi connectivity index (χ4n) is 2.51. The molecule has 1 aromatic carbocycles. The fourth-order valence-corrected chi connectivity index (χ4v) is 2.51. The predicted octanol–water partition coefficient (Wildman–Crippen LogP) is 2.46. The van der Waals surface area contributed by atoms with Crippen LogP contribution in [0.1, 0.15) is 24.5 Å². The number of benzene rings is 1. The minimum absolute atomic E-state index is 0. The van der Waals surface area contributed by atoms with Crippen LogP contribution < -0.4 is 5.32 Å². The zero-order chi connectivity index (χ0) is 11.4. The van der Waals surface area contributed by atoms with Crippen LogP contribution in [0.3, 0.4) is 0 Å². The predicted molar refractivity (Wildman–Crippen MR) is 75.8 cm³/mol. The zero-order valence-corrected chi connectivity index (χ0v) is 11.6. The third-order valence-corrected chi connectivity index (χ3v) is 3.57. The SMILES string of the molecule is CCc1ccccc1CN1CCC(NC)C1.Cl. The van der Waals surface area contributed by atoms with Crippen LogP contribution in [-0.2, 0) is 13.0 Å². The summed E-state index contributed by atoms with van der Waals surface area (Å²) in [4.78, 5) is 2.55. The number of likely N-dealkylation sites (tertiary alicyclic amines) is 1. The molecule has 0 bridgehead atoms. The summed E-state index contributed by atoms with van der Waals surface area (Å²) < 4.78 is 0. The summed E-state index contributed by atoms with van der Waals surface area (Å²) in [6, 6.07) is 9.50. The minimum atomic E-state index is 0. The van der Waals surface area contributed by atoms with Crippen LogP contribution in [0.25, 0.3) is 0 Å². The summed E-state index contributed by atoms with van der Waals surface area (Å²) in [5, 5.41) is 3.37. The summed E-state index contributed by atoms with van der Waals surface area (Å²) in [5.41, 5.74) is 3.00. The smallest absolute Gasteiger partial charge is 0.0237 e. The molecule has 1 aromatic rings. The second kappa shape index (κ2) is 7.00. The zero-order valence-electron chi connectivity index (χ0n) is 10.8. The molecule has 96 valence electrons. The molecule has 17 heavy (non-hydrogen) atoms. The molecule has 1 atom stereocenters. The molecule has 1 aliphatic heterocycles. The second-order valence-electron chi connectivity index (χ2n) is 4.63. The van der Waals surface area contributed by atoms with E-state index in [0.717, 1.165) is 13.0 Å². The maximum atomic E-state index is 3.37. The topological polar surface area (TPSA) is 15.3 Å². The van der Waals surface area contributed by atoms with E-state index < -0.39 is 0 Å². The number of hydrogen-bond acceptors (Lipinski definition) is 2. The van der Waals surface area contributed by atoms with Gasteiger partial charge < -0.3 is 5.32 Å². The molecule has 0 aromatic heterocycles. The van der Waals surface area contributed by atoms with E-state index in [9.17, 15) is 0 Å². The number of aryl methyl sites for hydroxylation is 1. The molecule has 1 N–H and O–H groups in total. The lowest BCUT2D eigenvalue weighted by Crippen LogP contribution is -2.29. The molecule has 2 nitrogen and oxygen atoms in total. The molecule has 0 spiro atoms. The Morgan fingerprint density at radius 1 is 1.29 bits per heavy atom. The van der Waals surface area contributed by atoms with E-state index in [4.69, 9.17) is 0 Å². The van der Waals surface area contributed by atoms with Gasteiger partial charge in [-0.3, -0.25) is 4.90 Å². The average molecular weight is 255 g/mol. The molecule has 0 radical (unpaired) electrons. The molecule has 1 aliphatic rings.